The van der Waals surface area contributed by atoms with Gasteiger partial charge in [0.15, 0.2) is 11.6 Å². The summed E-state index contributed by atoms with van der Waals surface area (Å²) in [5.74, 6) is -0.273. The molecule has 136 valence electrons. The van der Waals surface area contributed by atoms with Gasteiger partial charge in [0.05, 0.1) is 25.2 Å². The molecule has 1 amide bonds. The van der Waals surface area contributed by atoms with Gasteiger partial charge in [0.25, 0.3) is 0 Å². The standard InChI is InChI=1S/C17H25FN2O3.ClH/c1-12(13-4-5-15(23-3)14(18)10-13)20-16(21)17(11-22-2)6-8-19-9-7-17;/h4-5,10,12,19H,6-9,11H2,1-3H3,(H,20,21);1H. The van der Waals surface area contributed by atoms with E-state index in [-0.39, 0.29) is 30.1 Å². The van der Waals surface area contributed by atoms with Crippen molar-refractivity contribution in [3.63, 3.8) is 0 Å². The first kappa shape index (κ1) is 20.7. The van der Waals surface area contributed by atoms with Gasteiger partial charge >= 0.3 is 0 Å². The predicted octanol–water partition coefficient (Wildman–Crippen LogP) is 2.45. The van der Waals surface area contributed by atoms with E-state index < -0.39 is 11.2 Å². The summed E-state index contributed by atoms with van der Waals surface area (Å²) in [6, 6.07) is 4.45. The molecule has 0 spiro atoms. The van der Waals surface area contributed by atoms with Gasteiger partial charge < -0.3 is 20.1 Å². The third-order valence-electron chi connectivity index (χ3n) is 4.49. The summed E-state index contributed by atoms with van der Waals surface area (Å²) in [7, 11) is 3.04. The largest absolute Gasteiger partial charge is 0.494 e. The number of carbonyl (C=O) groups excluding carboxylic acids is 1. The molecule has 2 rings (SSSR count). The van der Waals surface area contributed by atoms with Gasteiger partial charge in [-0.3, -0.25) is 4.79 Å². The maximum Gasteiger partial charge on any atom is 0.229 e. The van der Waals surface area contributed by atoms with Crippen molar-refractivity contribution < 1.29 is 18.7 Å². The van der Waals surface area contributed by atoms with Crippen molar-refractivity contribution in [2.45, 2.75) is 25.8 Å². The zero-order chi connectivity index (χ0) is 16.9. The molecule has 0 aromatic heterocycles. The summed E-state index contributed by atoms with van der Waals surface area (Å²) in [4.78, 5) is 12.8. The van der Waals surface area contributed by atoms with Crippen molar-refractivity contribution in [1.29, 1.82) is 0 Å². The Kier molecular flexibility index (Phi) is 7.93. The number of rotatable bonds is 6. The highest BCUT2D eigenvalue weighted by Crippen LogP contribution is 2.31. The van der Waals surface area contributed by atoms with E-state index >= 15 is 0 Å². The highest BCUT2D eigenvalue weighted by atomic mass is 35.5. The zero-order valence-electron chi connectivity index (χ0n) is 14.4. The van der Waals surface area contributed by atoms with Crippen LogP contribution in [-0.4, -0.2) is 39.8 Å². The van der Waals surface area contributed by atoms with E-state index in [1.807, 2.05) is 6.92 Å². The van der Waals surface area contributed by atoms with Crippen LogP contribution in [0.1, 0.15) is 31.4 Å². The lowest BCUT2D eigenvalue weighted by Gasteiger charge is -2.36. The van der Waals surface area contributed by atoms with Crippen molar-refractivity contribution in [2.75, 3.05) is 33.9 Å². The van der Waals surface area contributed by atoms with E-state index in [4.69, 9.17) is 9.47 Å². The molecule has 1 atom stereocenters. The number of nitrogens with one attached hydrogen (secondary N) is 2. The molecular formula is C17H26ClFN2O3. The zero-order valence-corrected chi connectivity index (χ0v) is 15.2. The Bertz CT molecular complexity index is 545. The second kappa shape index (κ2) is 9.20. The lowest BCUT2D eigenvalue weighted by molar-refractivity contribution is -0.136. The number of amides is 1. The molecule has 1 fully saturated rings. The van der Waals surface area contributed by atoms with Gasteiger partial charge in [-0.1, -0.05) is 6.07 Å². The van der Waals surface area contributed by atoms with Crippen LogP contribution in [0.25, 0.3) is 0 Å². The summed E-state index contributed by atoms with van der Waals surface area (Å²) in [5.41, 5.74) is 0.192. The van der Waals surface area contributed by atoms with Gasteiger partial charge in [0.1, 0.15) is 0 Å². The van der Waals surface area contributed by atoms with Crippen LogP contribution in [0, 0.1) is 11.2 Å². The van der Waals surface area contributed by atoms with Gasteiger partial charge in [-0.25, -0.2) is 4.39 Å². The first-order valence-corrected chi connectivity index (χ1v) is 7.86. The molecule has 1 heterocycles. The van der Waals surface area contributed by atoms with Crippen LogP contribution in [0.3, 0.4) is 0 Å². The van der Waals surface area contributed by atoms with Crippen molar-refractivity contribution in [2.24, 2.45) is 5.41 Å². The lowest BCUT2D eigenvalue weighted by atomic mass is 9.78. The van der Waals surface area contributed by atoms with Crippen molar-refractivity contribution >= 4 is 18.3 Å². The molecule has 1 aliphatic rings. The molecule has 1 aromatic carbocycles. The molecule has 24 heavy (non-hydrogen) atoms. The number of piperidine rings is 1. The Labute approximate surface area is 148 Å². The number of carbonyl (C=O) groups is 1. The fourth-order valence-electron chi connectivity index (χ4n) is 3.00. The first-order valence-electron chi connectivity index (χ1n) is 7.86. The minimum Gasteiger partial charge on any atom is -0.494 e. The van der Waals surface area contributed by atoms with Gasteiger partial charge in [0.2, 0.25) is 5.91 Å². The van der Waals surface area contributed by atoms with Crippen LogP contribution >= 0.6 is 12.4 Å². The Morgan fingerprint density at radius 3 is 2.58 bits per heavy atom. The third-order valence-corrected chi connectivity index (χ3v) is 4.49. The van der Waals surface area contributed by atoms with Gasteiger partial charge in [-0.05, 0) is 50.6 Å². The molecule has 2 N–H and O–H groups in total. The molecule has 0 saturated carbocycles. The molecule has 0 bridgehead atoms. The average molecular weight is 361 g/mol. The van der Waals surface area contributed by atoms with Crippen LogP contribution < -0.4 is 15.4 Å². The number of benzene rings is 1. The van der Waals surface area contributed by atoms with Crippen LogP contribution in [0.4, 0.5) is 4.39 Å². The number of ether oxygens (including phenoxy) is 2. The summed E-state index contributed by atoms with van der Waals surface area (Å²) in [5, 5.41) is 6.26. The Balaban J connectivity index is 0.00000288. The van der Waals surface area contributed by atoms with Crippen molar-refractivity contribution in [3.8, 4) is 5.75 Å². The predicted molar refractivity (Wildman–Crippen MR) is 93.2 cm³/mol. The normalized spacial score (nSPS) is 17.5. The monoisotopic (exact) mass is 360 g/mol. The molecule has 7 heteroatoms. The van der Waals surface area contributed by atoms with E-state index in [1.54, 1.807) is 19.2 Å². The topological polar surface area (TPSA) is 59.6 Å². The minimum atomic E-state index is -0.515. The number of hydrogen-bond acceptors (Lipinski definition) is 4. The van der Waals surface area contributed by atoms with Crippen molar-refractivity contribution in [3.05, 3.63) is 29.6 Å². The molecule has 1 aromatic rings. The Morgan fingerprint density at radius 2 is 2.04 bits per heavy atom. The molecule has 1 unspecified atom stereocenters. The van der Waals surface area contributed by atoms with E-state index in [0.29, 0.717) is 12.2 Å². The molecule has 1 aliphatic heterocycles. The van der Waals surface area contributed by atoms with E-state index in [9.17, 15) is 9.18 Å². The van der Waals surface area contributed by atoms with Gasteiger partial charge in [0, 0.05) is 7.11 Å². The molecular weight excluding hydrogens is 335 g/mol. The smallest absolute Gasteiger partial charge is 0.229 e. The highest BCUT2D eigenvalue weighted by molar-refractivity contribution is 5.85. The van der Waals surface area contributed by atoms with E-state index in [0.717, 1.165) is 25.9 Å². The van der Waals surface area contributed by atoms with E-state index in [1.165, 1.54) is 13.2 Å². The molecule has 0 radical (unpaired) electrons. The summed E-state index contributed by atoms with van der Waals surface area (Å²) >= 11 is 0. The summed E-state index contributed by atoms with van der Waals surface area (Å²) in [6.45, 7) is 3.83. The summed E-state index contributed by atoms with van der Waals surface area (Å²) in [6.07, 6.45) is 1.47. The molecule has 1 saturated heterocycles. The quantitative estimate of drug-likeness (QED) is 0.818. The summed E-state index contributed by atoms with van der Waals surface area (Å²) < 4.78 is 24.0. The molecule has 0 aliphatic carbocycles. The first-order chi connectivity index (χ1) is 11.0. The second-order valence-corrected chi connectivity index (χ2v) is 6.05. The second-order valence-electron chi connectivity index (χ2n) is 6.05. The minimum absolute atomic E-state index is 0. The van der Waals surface area contributed by atoms with Gasteiger partial charge in [-0.2, -0.15) is 0 Å². The fourth-order valence-corrected chi connectivity index (χ4v) is 3.00. The Morgan fingerprint density at radius 1 is 1.38 bits per heavy atom. The highest BCUT2D eigenvalue weighted by Gasteiger charge is 2.40. The van der Waals surface area contributed by atoms with Crippen LogP contribution in [0.2, 0.25) is 0 Å². The lowest BCUT2D eigenvalue weighted by Crippen LogP contribution is -2.50. The van der Waals surface area contributed by atoms with E-state index in [2.05, 4.69) is 10.6 Å². The molecule has 5 nitrogen and oxygen atoms in total. The average Bonchev–Trinajstić information content (AvgIpc) is 2.55. The van der Waals surface area contributed by atoms with Crippen LogP contribution in [0.15, 0.2) is 18.2 Å². The van der Waals surface area contributed by atoms with Crippen LogP contribution in [-0.2, 0) is 9.53 Å². The fraction of sp³-hybridized carbons (Fsp3) is 0.588. The number of hydrogen-bond donors (Lipinski definition) is 2. The maximum absolute atomic E-state index is 13.8. The number of methoxy groups -OCH3 is 2. The third kappa shape index (κ3) is 4.59. The van der Waals surface area contributed by atoms with Crippen LogP contribution in [0.5, 0.6) is 5.75 Å². The maximum atomic E-state index is 13.8. The van der Waals surface area contributed by atoms with Crippen molar-refractivity contribution in [1.82, 2.24) is 10.6 Å². The number of halogens is 2. The Hall–Kier alpha value is -1.37. The van der Waals surface area contributed by atoms with Gasteiger partial charge in [-0.15, -0.1) is 12.4 Å². The SMILES string of the molecule is COCC1(C(=O)NC(C)c2ccc(OC)c(F)c2)CCNCC1.Cl.